The smallest absolute Gasteiger partial charge is 0.0401 e. The molecule has 1 heterocycles. The van der Waals surface area contributed by atoms with Crippen LogP contribution in [0.1, 0.15) is 16.7 Å². The molecule has 3 rings (SSSR count). The zero-order valence-corrected chi connectivity index (χ0v) is 11.9. The summed E-state index contributed by atoms with van der Waals surface area (Å²) in [5.41, 5.74) is 5.13. The fourth-order valence-electron chi connectivity index (χ4n) is 2.38. The lowest BCUT2D eigenvalue weighted by Gasteiger charge is -2.12. The van der Waals surface area contributed by atoms with Crippen LogP contribution in [0.2, 0.25) is 0 Å². The Morgan fingerprint density at radius 2 is 1.90 bits per heavy atom. The van der Waals surface area contributed by atoms with Gasteiger partial charge in [0.1, 0.15) is 0 Å². The van der Waals surface area contributed by atoms with Gasteiger partial charge in [-0.05, 0) is 54.1 Å². The second-order valence-corrected chi connectivity index (χ2v) is 5.16. The van der Waals surface area contributed by atoms with Crippen LogP contribution in [-0.2, 0) is 6.54 Å². The van der Waals surface area contributed by atoms with Crippen LogP contribution >= 0.6 is 0 Å². The molecule has 1 aromatic heterocycles. The Balaban J connectivity index is 1.81. The number of aryl methyl sites for hydroxylation is 1. The molecule has 0 amide bonds. The van der Waals surface area contributed by atoms with Crippen molar-refractivity contribution in [3.05, 3.63) is 71.5 Å². The van der Waals surface area contributed by atoms with Crippen molar-refractivity contribution in [3.63, 3.8) is 0 Å². The second-order valence-electron chi connectivity index (χ2n) is 5.16. The molecular weight excluding hydrogens is 244 g/mol. The van der Waals surface area contributed by atoms with Crippen molar-refractivity contribution in [1.29, 1.82) is 0 Å². The zero-order valence-electron chi connectivity index (χ0n) is 11.9. The summed E-state index contributed by atoms with van der Waals surface area (Å²) in [4.78, 5) is 4.14. The third kappa shape index (κ3) is 2.50. The lowest BCUT2D eigenvalue weighted by atomic mass is 10.1. The summed E-state index contributed by atoms with van der Waals surface area (Å²) in [5, 5.41) is 5.94. The molecule has 1 N–H and O–H groups in total. The van der Waals surface area contributed by atoms with Crippen molar-refractivity contribution in [3.8, 4) is 0 Å². The van der Waals surface area contributed by atoms with Gasteiger partial charge in [0.2, 0.25) is 0 Å². The van der Waals surface area contributed by atoms with E-state index in [1.165, 1.54) is 33.2 Å². The quantitative estimate of drug-likeness (QED) is 0.753. The normalized spacial score (nSPS) is 10.7. The molecule has 0 saturated heterocycles. The Labute approximate surface area is 119 Å². The number of pyridine rings is 1. The molecule has 0 spiro atoms. The SMILES string of the molecule is Cc1cccc(NCc2ccc3cnccc3c2)c1C. The number of nitrogens with zero attached hydrogens (tertiary/aromatic N) is 1. The maximum absolute atomic E-state index is 4.14. The van der Waals surface area contributed by atoms with Gasteiger partial charge in [-0.2, -0.15) is 0 Å². The maximum Gasteiger partial charge on any atom is 0.0401 e. The third-order valence-corrected chi connectivity index (χ3v) is 3.79. The molecular formula is C18H18N2. The van der Waals surface area contributed by atoms with Gasteiger partial charge in [0.05, 0.1) is 0 Å². The Hall–Kier alpha value is -2.35. The molecule has 0 saturated carbocycles. The van der Waals surface area contributed by atoms with Crippen LogP contribution in [0.15, 0.2) is 54.9 Å². The van der Waals surface area contributed by atoms with Gasteiger partial charge in [-0.1, -0.05) is 24.3 Å². The van der Waals surface area contributed by atoms with Crippen LogP contribution in [0.25, 0.3) is 10.8 Å². The predicted octanol–water partition coefficient (Wildman–Crippen LogP) is 4.46. The highest BCUT2D eigenvalue weighted by Crippen LogP contribution is 2.20. The first-order valence-electron chi connectivity index (χ1n) is 6.87. The van der Waals surface area contributed by atoms with Crippen molar-refractivity contribution in [1.82, 2.24) is 4.98 Å². The summed E-state index contributed by atoms with van der Waals surface area (Å²) in [6, 6.07) is 14.9. The highest BCUT2D eigenvalue weighted by Gasteiger charge is 2.01. The Bertz CT molecular complexity index is 747. The van der Waals surface area contributed by atoms with Crippen LogP contribution in [0.3, 0.4) is 0 Å². The average Bonchev–Trinajstić information content (AvgIpc) is 2.48. The van der Waals surface area contributed by atoms with E-state index in [9.17, 15) is 0 Å². The summed E-state index contributed by atoms with van der Waals surface area (Å²) in [6.07, 6.45) is 3.74. The van der Waals surface area contributed by atoms with Crippen LogP contribution in [-0.4, -0.2) is 4.98 Å². The summed E-state index contributed by atoms with van der Waals surface area (Å²) < 4.78 is 0. The topological polar surface area (TPSA) is 24.9 Å². The number of hydrogen-bond acceptors (Lipinski definition) is 2. The largest absolute Gasteiger partial charge is 0.381 e. The molecule has 2 nitrogen and oxygen atoms in total. The standard InChI is InChI=1S/C18H18N2/c1-13-4-3-5-18(14(13)2)20-11-15-6-7-17-12-19-9-8-16(17)10-15/h3-10,12,20H,11H2,1-2H3. The fourth-order valence-corrected chi connectivity index (χ4v) is 2.38. The van der Waals surface area contributed by atoms with Gasteiger partial charge >= 0.3 is 0 Å². The van der Waals surface area contributed by atoms with E-state index < -0.39 is 0 Å². The molecule has 0 bridgehead atoms. The molecule has 0 aliphatic rings. The van der Waals surface area contributed by atoms with Crippen LogP contribution in [0.5, 0.6) is 0 Å². The lowest BCUT2D eigenvalue weighted by molar-refractivity contribution is 1.14. The Morgan fingerprint density at radius 3 is 2.80 bits per heavy atom. The molecule has 3 aromatic rings. The van der Waals surface area contributed by atoms with Gasteiger partial charge in [-0.15, -0.1) is 0 Å². The van der Waals surface area contributed by atoms with Crippen molar-refractivity contribution in [2.75, 3.05) is 5.32 Å². The summed E-state index contributed by atoms with van der Waals surface area (Å²) in [6.45, 7) is 5.13. The molecule has 0 fully saturated rings. The minimum Gasteiger partial charge on any atom is -0.381 e. The van der Waals surface area contributed by atoms with E-state index in [0.717, 1.165) is 6.54 Å². The number of aromatic nitrogens is 1. The summed E-state index contributed by atoms with van der Waals surface area (Å²) in [5.74, 6) is 0. The zero-order chi connectivity index (χ0) is 13.9. The van der Waals surface area contributed by atoms with E-state index >= 15 is 0 Å². The number of nitrogens with one attached hydrogen (secondary N) is 1. The highest BCUT2D eigenvalue weighted by atomic mass is 14.9. The van der Waals surface area contributed by atoms with Gasteiger partial charge in [0.15, 0.2) is 0 Å². The predicted molar refractivity (Wildman–Crippen MR) is 85.0 cm³/mol. The van der Waals surface area contributed by atoms with Crippen molar-refractivity contribution >= 4 is 16.5 Å². The van der Waals surface area contributed by atoms with Gasteiger partial charge in [-0.3, -0.25) is 4.98 Å². The fraction of sp³-hybridized carbons (Fsp3) is 0.167. The number of rotatable bonds is 3. The highest BCUT2D eigenvalue weighted by molar-refractivity contribution is 5.82. The van der Waals surface area contributed by atoms with Gasteiger partial charge < -0.3 is 5.32 Å². The summed E-state index contributed by atoms with van der Waals surface area (Å²) in [7, 11) is 0. The van der Waals surface area contributed by atoms with E-state index in [4.69, 9.17) is 0 Å². The van der Waals surface area contributed by atoms with Gasteiger partial charge in [0.25, 0.3) is 0 Å². The molecule has 2 heteroatoms. The third-order valence-electron chi connectivity index (χ3n) is 3.79. The molecule has 0 atom stereocenters. The molecule has 0 aliphatic carbocycles. The first-order chi connectivity index (χ1) is 9.74. The maximum atomic E-state index is 4.14. The number of fused-ring (bicyclic) bond motifs is 1. The van der Waals surface area contributed by atoms with Crippen LogP contribution in [0, 0.1) is 13.8 Å². The van der Waals surface area contributed by atoms with Crippen LogP contribution in [0.4, 0.5) is 5.69 Å². The van der Waals surface area contributed by atoms with Crippen molar-refractivity contribution in [2.24, 2.45) is 0 Å². The Kier molecular flexibility index (Phi) is 3.38. The van der Waals surface area contributed by atoms with E-state index in [-0.39, 0.29) is 0 Å². The Morgan fingerprint density at radius 1 is 1.00 bits per heavy atom. The van der Waals surface area contributed by atoms with E-state index in [1.54, 1.807) is 0 Å². The molecule has 0 aliphatic heterocycles. The second kappa shape index (κ2) is 5.33. The lowest BCUT2D eigenvalue weighted by Crippen LogP contribution is -2.01. The van der Waals surface area contributed by atoms with Crippen molar-refractivity contribution in [2.45, 2.75) is 20.4 Å². The first-order valence-corrected chi connectivity index (χ1v) is 6.87. The first kappa shape index (κ1) is 12.7. The van der Waals surface area contributed by atoms with E-state index in [1.807, 2.05) is 12.4 Å². The van der Waals surface area contributed by atoms with Crippen molar-refractivity contribution < 1.29 is 0 Å². The van der Waals surface area contributed by atoms with Gasteiger partial charge in [0, 0.05) is 30.0 Å². The molecule has 2 aromatic carbocycles. The average molecular weight is 262 g/mol. The monoisotopic (exact) mass is 262 g/mol. The molecule has 20 heavy (non-hydrogen) atoms. The molecule has 100 valence electrons. The minimum absolute atomic E-state index is 0.836. The van der Waals surface area contributed by atoms with Crippen LogP contribution < -0.4 is 5.32 Å². The minimum atomic E-state index is 0.836. The van der Waals surface area contributed by atoms with E-state index in [0.29, 0.717) is 0 Å². The van der Waals surface area contributed by atoms with E-state index in [2.05, 4.69) is 66.6 Å². The number of hydrogen-bond donors (Lipinski definition) is 1. The number of anilines is 1. The van der Waals surface area contributed by atoms with Gasteiger partial charge in [-0.25, -0.2) is 0 Å². The summed E-state index contributed by atoms with van der Waals surface area (Å²) >= 11 is 0. The molecule has 0 radical (unpaired) electrons. The number of benzene rings is 2. The molecule has 0 unspecified atom stereocenters.